The normalized spacial score (nSPS) is 19.1. The van der Waals surface area contributed by atoms with Gasteiger partial charge in [0.2, 0.25) is 0 Å². The Hall–Kier alpha value is -1.75. The van der Waals surface area contributed by atoms with E-state index in [1.165, 1.54) is 0 Å². The van der Waals surface area contributed by atoms with Crippen molar-refractivity contribution in [2.75, 3.05) is 33.8 Å². The van der Waals surface area contributed by atoms with Gasteiger partial charge in [0, 0.05) is 20.1 Å². The van der Waals surface area contributed by atoms with Crippen LogP contribution in [-0.2, 0) is 0 Å². The number of hydrogen-bond donors (Lipinski definition) is 1. The van der Waals surface area contributed by atoms with Crippen molar-refractivity contribution in [3.05, 3.63) is 29.8 Å². The third kappa shape index (κ3) is 2.81. The van der Waals surface area contributed by atoms with E-state index in [-0.39, 0.29) is 12.1 Å². The van der Waals surface area contributed by atoms with Gasteiger partial charge in [-0.15, -0.1) is 0 Å². The summed E-state index contributed by atoms with van der Waals surface area (Å²) in [6, 6.07) is 8.04. The molecule has 1 unspecified atom stereocenters. The van der Waals surface area contributed by atoms with Gasteiger partial charge >= 0.3 is 6.03 Å². The highest BCUT2D eigenvalue weighted by molar-refractivity contribution is 5.77. The molecule has 1 aliphatic heterocycles. The van der Waals surface area contributed by atoms with Crippen LogP contribution in [0.3, 0.4) is 0 Å². The first kappa shape index (κ1) is 13.7. The first-order chi connectivity index (χ1) is 9.17. The highest BCUT2D eigenvalue weighted by atomic mass is 16.5. The van der Waals surface area contributed by atoms with Crippen molar-refractivity contribution in [2.45, 2.75) is 12.5 Å². The van der Waals surface area contributed by atoms with E-state index in [1.54, 1.807) is 12.0 Å². The maximum atomic E-state index is 12.1. The summed E-state index contributed by atoms with van der Waals surface area (Å²) in [5, 5.41) is 0. The molecule has 0 bridgehead atoms. The number of rotatable bonds is 5. The van der Waals surface area contributed by atoms with Gasteiger partial charge in [-0.2, -0.15) is 0 Å². The number of benzene rings is 1. The fourth-order valence-corrected chi connectivity index (χ4v) is 2.41. The van der Waals surface area contributed by atoms with Crippen molar-refractivity contribution < 1.29 is 9.53 Å². The van der Waals surface area contributed by atoms with Crippen molar-refractivity contribution in [3.8, 4) is 5.75 Å². The second kappa shape index (κ2) is 5.93. The van der Waals surface area contributed by atoms with Gasteiger partial charge in [-0.05, 0) is 30.7 Å². The summed E-state index contributed by atoms with van der Waals surface area (Å²) in [5.41, 5.74) is 6.60. The quantitative estimate of drug-likeness (QED) is 0.874. The van der Waals surface area contributed by atoms with Gasteiger partial charge in [0.25, 0.3) is 0 Å². The van der Waals surface area contributed by atoms with Gasteiger partial charge in [-0.25, -0.2) is 4.79 Å². The zero-order valence-corrected chi connectivity index (χ0v) is 11.5. The second-order valence-electron chi connectivity index (χ2n) is 4.77. The molecule has 2 rings (SSSR count). The summed E-state index contributed by atoms with van der Waals surface area (Å²) < 4.78 is 5.23. The molecule has 1 atom stereocenters. The van der Waals surface area contributed by atoms with E-state index in [4.69, 9.17) is 10.5 Å². The Balaban J connectivity index is 2.14. The molecule has 0 saturated carbocycles. The first-order valence-electron chi connectivity index (χ1n) is 6.53. The van der Waals surface area contributed by atoms with Gasteiger partial charge in [-0.1, -0.05) is 12.1 Å². The molecule has 2 N–H and O–H groups in total. The van der Waals surface area contributed by atoms with Crippen LogP contribution in [0, 0.1) is 0 Å². The number of urea groups is 1. The predicted octanol–water partition coefficient (Wildman–Crippen LogP) is 1.45. The van der Waals surface area contributed by atoms with Crippen LogP contribution in [-0.4, -0.2) is 49.6 Å². The fourth-order valence-electron chi connectivity index (χ4n) is 2.41. The van der Waals surface area contributed by atoms with Crippen molar-refractivity contribution in [3.63, 3.8) is 0 Å². The lowest BCUT2D eigenvalue weighted by molar-refractivity contribution is 0.195. The van der Waals surface area contributed by atoms with E-state index in [0.717, 1.165) is 24.3 Å². The number of amides is 2. The van der Waals surface area contributed by atoms with E-state index < -0.39 is 0 Å². The van der Waals surface area contributed by atoms with Crippen LogP contribution in [0.4, 0.5) is 4.79 Å². The zero-order valence-electron chi connectivity index (χ0n) is 11.5. The van der Waals surface area contributed by atoms with Gasteiger partial charge < -0.3 is 20.3 Å². The van der Waals surface area contributed by atoms with Gasteiger partial charge in [0.1, 0.15) is 5.75 Å². The maximum absolute atomic E-state index is 12.1. The molecule has 1 heterocycles. The van der Waals surface area contributed by atoms with E-state index in [0.29, 0.717) is 13.1 Å². The van der Waals surface area contributed by atoms with Gasteiger partial charge in [-0.3, -0.25) is 0 Å². The molecule has 5 nitrogen and oxygen atoms in total. The Morgan fingerprint density at radius 3 is 2.95 bits per heavy atom. The zero-order chi connectivity index (χ0) is 13.8. The number of hydrogen-bond acceptors (Lipinski definition) is 3. The summed E-state index contributed by atoms with van der Waals surface area (Å²) >= 11 is 0. The van der Waals surface area contributed by atoms with Crippen LogP contribution in [0.2, 0.25) is 0 Å². The molecule has 2 amide bonds. The molecule has 1 aliphatic rings. The molecule has 1 saturated heterocycles. The average molecular weight is 263 g/mol. The summed E-state index contributed by atoms with van der Waals surface area (Å²) in [4.78, 5) is 15.8. The van der Waals surface area contributed by atoms with Crippen LogP contribution in [0.5, 0.6) is 5.75 Å². The number of methoxy groups -OCH3 is 1. The first-order valence-corrected chi connectivity index (χ1v) is 6.53. The number of ether oxygens (including phenoxy) is 1. The number of carbonyl (C=O) groups is 1. The number of likely N-dealkylation sites (N-methyl/N-ethyl adjacent to an activating group) is 1. The van der Waals surface area contributed by atoms with Crippen molar-refractivity contribution in [1.82, 2.24) is 9.80 Å². The highest BCUT2D eigenvalue weighted by Gasteiger charge is 2.34. The number of carbonyl (C=O) groups excluding carboxylic acids is 1. The minimum absolute atomic E-state index is 0.0706. The molecule has 0 aliphatic carbocycles. The summed E-state index contributed by atoms with van der Waals surface area (Å²) in [5.74, 6) is 0.818. The van der Waals surface area contributed by atoms with Crippen LogP contribution < -0.4 is 10.5 Å². The number of nitrogens with zero attached hydrogens (tertiary/aromatic N) is 2. The Labute approximate surface area is 113 Å². The summed E-state index contributed by atoms with van der Waals surface area (Å²) in [7, 11) is 3.49. The number of nitrogens with two attached hydrogens (primary N) is 1. The third-order valence-electron chi connectivity index (χ3n) is 3.54. The lowest BCUT2D eigenvalue weighted by Gasteiger charge is -2.18. The van der Waals surface area contributed by atoms with E-state index in [2.05, 4.69) is 0 Å². The summed E-state index contributed by atoms with van der Waals surface area (Å²) in [6.07, 6.45) is 0.838. The standard InChI is InChI=1S/C14H21N3O2/c1-16-13(10-17(14(16)18)8-4-7-15)11-5-3-6-12(9-11)19-2/h3,5-6,9,13H,4,7-8,10,15H2,1-2H3. The summed E-state index contributed by atoms with van der Waals surface area (Å²) in [6.45, 7) is 2.04. The molecular weight excluding hydrogens is 242 g/mol. The lowest BCUT2D eigenvalue weighted by Crippen LogP contribution is -2.31. The van der Waals surface area contributed by atoms with E-state index in [9.17, 15) is 4.79 Å². The molecule has 0 radical (unpaired) electrons. The van der Waals surface area contributed by atoms with E-state index in [1.807, 2.05) is 36.2 Å². The SMILES string of the molecule is COc1cccc(C2CN(CCCN)C(=O)N2C)c1. The molecular formula is C14H21N3O2. The highest BCUT2D eigenvalue weighted by Crippen LogP contribution is 2.29. The smallest absolute Gasteiger partial charge is 0.320 e. The maximum Gasteiger partial charge on any atom is 0.320 e. The van der Waals surface area contributed by atoms with Crippen LogP contribution in [0.1, 0.15) is 18.0 Å². The topological polar surface area (TPSA) is 58.8 Å². The largest absolute Gasteiger partial charge is 0.497 e. The van der Waals surface area contributed by atoms with Gasteiger partial charge in [0.05, 0.1) is 13.2 Å². The molecule has 19 heavy (non-hydrogen) atoms. The lowest BCUT2D eigenvalue weighted by atomic mass is 10.1. The second-order valence-corrected chi connectivity index (χ2v) is 4.77. The Morgan fingerprint density at radius 1 is 1.47 bits per heavy atom. The van der Waals surface area contributed by atoms with Crippen molar-refractivity contribution in [2.24, 2.45) is 5.73 Å². The Bertz CT molecular complexity index is 450. The molecule has 1 aromatic rings. The van der Waals surface area contributed by atoms with Crippen LogP contribution in [0.15, 0.2) is 24.3 Å². The van der Waals surface area contributed by atoms with Crippen LogP contribution >= 0.6 is 0 Å². The molecule has 1 aromatic carbocycles. The Morgan fingerprint density at radius 2 is 2.26 bits per heavy atom. The van der Waals surface area contributed by atoms with Crippen LogP contribution in [0.25, 0.3) is 0 Å². The average Bonchev–Trinajstić information content (AvgIpc) is 2.73. The monoisotopic (exact) mass is 263 g/mol. The van der Waals surface area contributed by atoms with Crippen molar-refractivity contribution >= 4 is 6.03 Å². The fraction of sp³-hybridized carbons (Fsp3) is 0.500. The van der Waals surface area contributed by atoms with Crippen molar-refractivity contribution in [1.29, 1.82) is 0 Å². The van der Waals surface area contributed by atoms with Gasteiger partial charge in [0.15, 0.2) is 0 Å². The molecule has 104 valence electrons. The van der Waals surface area contributed by atoms with E-state index >= 15 is 0 Å². The molecule has 0 aromatic heterocycles. The minimum atomic E-state index is 0.0706. The Kier molecular flexibility index (Phi) is 4.27. The predicted molar refractivity (Wildman–Crippen MR) is 74.1 cm³/mol. The minimum Gasteiger partial charge on any atom is -0.497 e. The molecule has 1 fully saturated rings. The third-order valence-corrected chi connectivity index (χ3v) is 3.54. The molecule has 0 spiro atoms. The molecule has 5 heteroatoms.